The van der Waals surface area contributed by atoms with Gasteiger partial charge in [-0.2, -0.15) is 24.0 Å². The van der Waals surface area contributed by atoms with Crippen molar-refractivity contribution in [1.82, 2.24) is 39.4 Å². The highest BCUT2D eigenvalue weighted by atomic mass is 35.5. The highest BCUT2D eigenvalue weighted by Gasteiger charge is 2.67. The first-order valence-electron chi connectivity index (χ1n) is 19.0. The van der Waals surface area contributed by atoms with Gasteiger partial charge in [-0.25, -0.2) is 31.0 Å². The van der Waals surface area contributed by atoms with E-state index in [2.05, 4.69) is 25.2 Å². The Balaban J connectivity index is 1.31. The molecule has 4 heterocycles. The van der Waals surface area contributed by atoms with Crippen LogP contribution in [0.5, 0.6) is 5.88 Å². The van der Waals surface area contributed by atoms with Crippen molar-refractivity contribution in [2.24, 2.45) is 13.0 Å². The molecule has 3 atom stereocenters. The van der Waals surface area contributed by atoms with E-state index < -0.39 is 87.7 Å². The molecule has 0 bridgehead atoms. The van der Waals surface area contributed by atoms with Crippen molar-refractivity contribution < 1.29 is 49.0 Å². The van der Waals surface area contributed by atoms with Crippen LogP contribution in [0.4, 0.5) is 32.2 Å². The van der Waals surface area contributed by atoms with Crippen LogP contribution in [0.25, 0.3) is 27.6 Å². The minimum Gasteiger partial charge on any atom is -0.475 e. The van der Waals surface area contributed by atoms with Crippen molar-refractivity contribution in [2.75, 3.05) is 24.2 Å². The number of pyridine rings is 1. The first-order valence-corrected chi connectivity index (χ1v) is 21.3. The first kappa shape index (κ1) is 42.9. The number of amides is 1. The van der Waals surface area contributed by atoms with Gasteiger partial charge in [0.25, 0.3) is 17.9 Å². The van der Waals surface area contributed by atoms with E-state index in [1.807, 2.05) is 13.8 Å². The van der Waals surface area contributed by atoms with Crippen molar-refractivity contribution >= 4 is 55.3 Å². The number of halogens is 7. The summed E-state index contributed by atoms with van der Waals surface area (Å²) in [5.74, 6) is -9.19. The Bertz CT molecular complexity index is 2940. The number of hydrogen-bond acceptors (Lipinski definition) is 10. The molecule has 2 N–H and O–H groups in total. The fourth-order valence-electron chi connectivity index (χ4n) is 7.95. The van der Waals surface area contributed by atoms with Gasteiger partial charge in [-0.05, 0) is 62.1 Å². The van der Waals surface area contributed by atoms with Gasteiger partial charge in [0.1, 0.15) is 42.0 Å². The van der Waals surface area contributed by atoms with Gasteiger partial charge in [0.15, 0.2) is 11.5 Å². The molecule has 8 rings (SSSR count). The quantitative estimate of drug-likeness (QED) is 0.0889. The lowest BCUT2D eigenvalue weighted by molar-refractivity contribution is -0.123. The maximum atomic E-state index is 15.5. The van der Waals surface area contributed by atoms with Gasteiger partial charge in [0, 0.05) is 37.1 Å². The topological polar surface area (TPSA) is 177 Å². The Hall–Kier alpha value is -5.74. The number of carbonyl (C=O) groups is 1. The van der Waals surface area contributed by atoms with Gasteiger partial charge in [-0.15, -0.1) is 0 Å². The molecule has 0 aliphatic heterocycles. The number of rotatable bonds is 15. The normalized spacial score (nSPS) is 17.2. The van der Waals surface area contributed by atoms with Crippen molar-refractivity contribution in [2.45, 2.75) is 63.6 Å². The van der Waals surface area contributed by atoms with Crippen LogP contribution in [0.15, 0.2) is 47.3 Å². The number of carbonyl (C=O) groups excluding carboxylic acids is 1. The van der Waals surface area contributed by atoms with Crippen LogP contribution in [0, 0.1) is 17.6 Å². The Morgan fingerprint density at radius 2 is 1.77 bits per heavy atom. The van der Waals surface area contributed by atoms with Gasteiger partial charge in [-0.3, -0.25) is 28.2 Å². The van der Waals surface area contributed by atoms with Crippen molar-refractivity contribution in [3.8, 4) is 11.6 Å². The number of fused-ring (bicyclic) bond motifs is 5. The summed E-state index contributed by atoms with van der Waals surface area (Å²) in [5.41, 5.74) is -2.98. The van der Waals surface area contributed by atoms with Gasteiger partial charge in [-0.1, -0.05) is 11.6 Å². The molecule has 0 saturated heterocycles. The lowest BCUT2D eigenvalue weighted by Crippen LogP contribution is -2.38. The number of aromatic nitrogens is 7. The molecular formula is C39H36ClF6N9O6S. The van der Waals surface area contributed by atoms with Crippen LogP contribution < -0.4 is 20.3 Å². The summed E-state index contributed by atoms with van der Waals surface area (Å²) < 4.78 is 130. The second-order valence-corrected chi connectivity index (χ2v) is 17.5. The van der Waals surface area contributed by atoms with Gasteiger partial charge in [0.2, 0.25) is 21.8 Å². The van der Waals surface area contributed by atoms with E-state index in [0.717, 1.165) is 23.0 Å². The second-order valence-electron chi connectivity index (χ2n) is 15.3. The fraction of sp³-hybridized carbons (Fsp3) is 0.385. The van der Waals surface area contributed by atoms with Crippen LogP contribution >= 0.6 is 11.6 Å². The average Bonchev–Trinajstić information content (AvgIpc) is 3.71. The Kier molecular flexibility index (Phi) is 11.0. The number of nitrogens with zero attached hydrogens (tertiary/aromatic N) is 7. The predicted molar refractivity (Wildman–Crippen MR) is 212 cm³/mol. The third kappa shape index (κ3) is 8.05. The lowest BCUT2D eigenvalue weighted by Gasteiger charge is -2.24. The molecule has 15 nitrogen and oxygen atoms in total. The summed E-state index contributed by atoms with van der Waals surface area (Å²) in [6, 6.07) is 6.49. The van der Waals surface area contributed by atoms with Gasteiger partial charge < -0.3 is 14.8 Å². The summed E-state index contributed by atoms with van der Waals surface area (Å²) in [6.45, 7) is 2.91. The minimum absolute atomic E-state index is 0.0119. The summed E-state index contributed by atoms with van der Waals surface area (Å²) in [6.07, 6.45) is -2.92. The van der Waals surface area contributed by atoms with Crippen LogP contribution in [0.1, 0.15) is 67.0 Å². The molecule has 0 unspecified atom stereocenters. The summed E-state index contributed by atoms with van der Waals surface area (Å²) in [4.78, 5) is 38.1. The molecule has 2 aliphatic carbocycles. The predicted octanol–water partition coefficient (Wildman–Crippen LogP) is 6.22. The molecule has 23 heteroatoms. The summed E-state index contributed by atoms with van der Waals surface area (Å²) in [5, 5.41) is 10.6. The standard InChI is InChI=1S/C39H36ClF6N9O6S/c1-17(2)60-9-10-61-28-8-5-21-35(48-28)49-37(55(38(21)57)26-7-6-24(40)30-32(26)53(3)51-36(30)52-62(4,58)59)25(13-18-11-19(41)14-20(42)12-18)47-27(56)16-54-33-29(31(50-54)34(43)44)22-15-23(22)39(33,45)46/h5-8,11-12,14,17,22-23,25,34H,9-10,13,15-16H2,1-4H3,(H,47,56)(H,51,52)/t22-,23+,25-/m0/s1. The van der Waals surface area contributed by atoms with Crippen molar-refractivity contribution in [1.29, 1.82) is 0 Å². The summed E-state index contributed by atoms with van der Waals surface area (Å²) in [7, 11) is -2.48. The monoisotopic (exact) mass is 907 g/mol. The van der Waals surface area contributed by atoms with E-state index in [0.29, 0.717) is 10.7 Å². The van der Waals surface area contributed by atoms with E-state index in [1.165, 1.54) is 36.0 Å². The largest absolute Gasteiger partial charge is 0.475 e. The Morgan fingerprint density at radius 3 is 2.45 bits per heavy atom. The molecule has 0 radical (unpaired) electrons. The molecule has 2 aliphatic rings. The fourth-order valence-corrected chi connectivity index (χ4v) is 8.69. The molecule has 328 valence electrons. The number of hydrogen-bond donors (Lipinski definition) is 2. The zero-order chi connectivity index (χ0) is 44.6. The van der Waals surface area contributed by atoms with E-state index in [9.17, 15) is 35.6 Å². The zero-order valence-electron chi connectivity index (χ0n) is 33.1. The molecular weight excluding hydrogens is 872 g/mol. The van der Waals surface area contributed by atoms with Gasteiger partial charge in [0.05, 0.1) is 52.0 Å². The average molecular weight is 908 g/mol. The van der Waals surface area contributed by atoms with Crippen LogP contribution in [0.3, 0.4) is 0 Å². The number of anilines is 1. The number of benzene rings is 2. The van der Waals surface area contributed by atoms with Crippen LogP contribution in [-0.4, -0.2) is 74.0 Å². The smallest absolute Gasteiger partial charge is 0.293 e. The van der Waals surface area contributed by atoms with Crippen molar-refractivity contribution in [3.63, 3.8) is 0 Å². The number of aryl methyl sites for hydroxylation is 1. The first-order chi connectivity index (χ1) is 29.2. The molecule has 1 amide bonds. The Labute approximate surface area is 353 Å². The van der Waals surface area contributed by atoms with E-state index >= 15 is 8.78 Å². The molecule has 4 aromatic heterocycles. The number of nitrogens with one attached hydrogen (secondary N) is 2. The molecule has 6 aromatic rings. The third-order valence-electron chi connectivity index (χ3n) is 10.4. The van der Waals surface area contributed by atoms with Crippen LogP contribution in [0.2, 0.25) is 5.02 Å². The highest BCUT2D eigenvalue weighted by molar-refractivity contribution is 7.92. The maximum Gasteiger partial charge on any atom is 0.293 e. The second kappa shape index (κ2) is 15.9. The maximum absolute atomic E-state index is 15.5. The number of sulfonamides is 1. The van der Waals surface area contributed by atoms with Crippen molar-refractivity contribution in [3.05, 3.63) is 97.8 Å². The van der Waals surface area contributed by atoms with Gasteiger partial charge >= 0.3 is 0 Å². The van der Waals surface area contributed by atoms with E-state index in [-0.39, 0.29) is 87.0 Å². The molecule has 1 fully saturated rings. The lowest BCUT2D eigenvalue weighted by atomic mass is 10.0. The van der Waals surface area contributed by atoms with E-state index in [4.69, 9.17) is 26.1 Å². The minimum atomic E-state index is -3.92. The zero-order valence-corrected chi connectivity index (χ0v) is 34.7. The Morgan fingerprint density at radius 1 is 1.05 bits per heavy atom. The number of ether oxygens (including phenoxy) is 2. The molecule has 2 aromatic carbocycles. The molecule has 0 spiro atoms. The van der Waals surface area contributed by atoms with E-state index in [1.54, 1.807) is 0 Å². The summed E-state index contributed by atoms with van der Waals surface area (Å²) >= 11 is 6.60. The van der Waals surface area contributed by atoms with Crippen LogP contribution in [-0.2, 0) is 45.5 Å². The molecule has 62 heavy (non-hydrogen) atoms. The third-order valence-corrected chi connectivity index (χ3v) is 11.3. The SMILES string of the molecule is CC(C)OCCOc1ccc2c(=O)n(-c3ccc(Cl)c4c(NS(C)(=O)=O)nn(C)c34)c([C@H](Cc3cc(F)cc(F)c3)NC(=O)Cn3nc(C(F)F)c4c3C(F)(F)[C@@H]3C[C@H]43)nc2n1. The highest BCUT2D eigenvalue weighted by Crippen LogP contribution is 2.68. The number of alkyl halides is 4. The molecule has 1 saturated carbocycles.